The van der Waals surface area contributed by atoms with Crippen LogP contribution in [-0.4, -0.2) is 35.5 Å². The van der Waals surface area contributed by atoms with Crippen LogP contribution in [0.15, 0.2) is 18.2 Å². The van der Waals surface area contributed by atoms with E-state index in [1.54, 1.807) is 32.9 Å². The lowest BCUT2D eigenvalue weighted by Gasteiger charge is -2.21. The number of hydrogen-bond acceptors (Lipinski definition) is 5. The Labute approximate surface area is 151 Å². The Morgan fingerprint density at radius 2 is 1.88 bits per heavy atom. The van der Waals surface area contributed by atoms with Crippen LogP contribution in [-0.2, 0) is 20.7 Å². The summed E-state index contributed by atoms with van der Waals surface area (Å²) in [5.74, 6) is -1.46. The van der Waals surface area contributed by atoms with E-state index in [9.17, 15) is 19.2 Å². The smallest absolute Gasteiger partial charge is 0.338 e. The van der Waals surface area contributed by atoms with E-state index < -0.39 is 29.6 Å². The maximum atomic E-state index is 12.2. The molecule has 1 unspecified atom stereocenters. The highest BCUT2D eigenvalue weighted by molar-refractivity contribution is 5.99. The van der Waals surface area contributed by atoms with Crippen LogP contribution in [0.2, 0.25) is 0 Å². The summed E-state index contributed by atoms with van der Waals surface area (Å²) in [5, 5.41) is 7.44. The molecule has 140 valence electrons. The Balaban J connectivity index is 1.95. The molecule has 26 heavy (non-hydrogen) atoms. The molecule has 0 fully saturated rings. The summed E-state index contributed by atoms with van der Waals surface area (Å²) < 4.78 is 5.12. The van der Waals surface area contributed by atoms with Crippen LogP contribution in [0.3, 0.4) is 0 Å². The van der Waals surface area contributed by atoms with Crippen LogP contribution in [0.4, 0.5) is 10.5 Å². The minimum absolute atomic E-state index is 0.0633. The Hall–Kier alpha value is -2.90. The van der Waals surface area contributed by atoms with Gasteiger partial charge in [-0.3, -0.25) is 14.9 Å². The Morgan fingerprint density at radius 1 is 1.19 bits per heavy atom. The lowest BCUT2D eigenvalue weighted by Crippen LogP contribution is -2.50. The topological polar surface area (TPSA) is 114 Å². The van der Waals surface area contributed by atoms with Gasteiger partial charge in [0, 0.05) is 17.6 Å². The number of benzene rings is 1. The lowest BCUT2D eigenvalue weighted by atomic mass is 10.0. The van der Waals surface area contributed by atoms with Gasteiger partial charge in [0.15, 0.2) is 6.10 Å². The van der Waals surface area contributed by atoms with Gasteiger partial charge in [0.25, 0.3) is 5.91 Å². The molecule has 8 heteroatoms. The van der Waals surface area contributed by atoms with Gasteiger partial charge in [0.1, 0.15) is 0 Å². The van der Waals surface area contributed by atoms with Crippen molar-refractivity contribution in [3.05, 3.63) is 29.3 Å². The normalized spacial score (nSPS) is 14.5. The maximum Gasteiger partial charge on any atom is 0.338 e. The van der Waals surface area contributed by atoms with Crippen molar-refractivity contribution in [2.75, 3.05) is 5.32 Å². The SMILES string of the molecule is CC(OC(=O)c1ccc2c(c1)CCC(=O)N2)C(=O)NC(=O)NC(C)(C)C. The highest BCUT2D eigenvalue weighted by atomic mass is 16.5. The highest BCUT2D eigenvalue weighted by Crippen LogP contribution is 2.24. The van der Waals surface area contributed by atoms with Crippen LogP contribution in [0.25, 0.3) is 0 Å². The molecule has 0 aromatic heterocycles. The van der Waals surface area contributed by atoms with Crippen molar-refractivity contribution in [1.29, 1.82) is 0 Å². The van der Waals surface area contributed by atoms with E-state index >= 15 is 0 Å². The number of esters is 1. The molecule has 1 heterocycles. The Bertz CT molecular complexity index is 752. The second-order valence-electron chi connectivity index (χ2n) is 7.16. The molecular weight excluding hydrogens is 338 g/mol. The molecular formula is C18H23N3O5. The minimum atomic E-state index is -1.14. The van der Waals surface area contributed by atoms with Gasteiger partial charge in [-0.05, 0) is 57.9 Å². The van der Waals surface area contributed by atoms with E-state index in [0.717, 1.165) is 5.56 Å². The quantitative estimate of drug-likeness (QED) is 0.710. The van der Waals surface area contributed by atoms with Gasteiger partial charge < -0.3 is 15.4 Å². The number of rotatable bonds is 3. The number of carbonyl (C=O) groups is 4. The number of nitrogens with one attached hydrogen (secondary N) is 3. The molecule has 0 spiro atoms. The fourth-order valence-corrected chi connectivity index (χ4v) is 2.38. The number of urea groups is 1. The first-order valence-corrected chi connectivity index (χ1v) is 8.32. The van der Waals surface area contributed by atoms with Crippen molar-refractivity contribution in [2.24, 2.45) is 0 Å². The number of hydrogen-bond donors (Lipinski definition) is 3. The molecule has 1 aliphatic heterocycles. The second-order valence-corrected chi connectivity index (χ2v) is 7.16. The third-order valence-corrected chi connectivity index (χ3v) is 3.61. The Kier molecular flexibility index (Phi) is 5.64. The first-order chi connectivity index (χ1) is 12.0. The zero-order chi connectivity index (χ0) is 19.5. The summed E-state index contributed by atoms with van der Waals surface area (Å²) >= 11 is 0. The van der Waals surface area contributed by atoms with E-state index in [2.05, 4.69) is 16.0 Å². The van der Waals surface area contributed by atoms with Crippen molar-refractivity contribution in [2.45, 2.75) is 52.2 Å². The van der Waals surface area contributed by atoms with Crippen LogP contribution in [0.5, 0.6) is 0 Å². The summed E-state index contributed by atoms with van der Waals surface area (Å²) in [4.78, 5) is 47.3. The molecule has 0 saturated heterocycles. The molecule has 1 aromatic rings. The largest absolute Gasteiger partial charge is 0.449 e. The van der Waals surface area contributed by atoms with Gasteiger partial charge in [-0.2, -0.15) is 0 Å². The molecule has 0 bridgehead atoms. The molecule has 1 atom stereocenters. The van der Waals surface area contributed by atoms with Gasteiger partial charge in [0.05, 0.1) is 5.56 Å². The molecule has 0 radical (unpaired) electrons. The molecule has 4 amide bonds. The minimum Gasteiger partial charge on any atom is -0.449 e. The number of carbonyl (C=O) groups excluding carboxylic acids is 4. The number of anilines is 1. The van der Waals surface area contributed by atoms with Crippen molar-refractivity contribution in [3.8, 4) is 0 Å². The Morgan fingerprint density at radius 3 is 2.54 bits per heavy atom. The standard InChI is InChI=1S/C18H23N3O5/c1-10(15(23)20-17(25)21-18(2,3)4)26-16(24)12-5-7-13-11(9-12)6-8-14(22)19-13/h5,7,9-10H,6,8H2,1-4H3,(H,19,22)(H2,20,21,23,25). The van der Waals surface area contributed by atoms with Crippen molar-refractivity contribution in [3.63, 3.8) is 0 Å². The second kappa shape index (κ2) is 7.55. The summed E-state index contributed by atoms with van der Waals surface area (Å²) in [7, 11) is 0. The number of ether oxygens (including phenoxy) is 1. The number of fused-ring (bicyclic) bond motifs is 1. The third kappa shape index (κ3) is 5.30. The molecule has 0 aliphatic carbocycles. The van der Waals surface area contributed by atoms with Crippen molar-refractivity contribution < 1.29 is 23.9 Å². The molecule has 3 N–H and O–H groups in total. The van der Waals surface area contributed by atoms with Crippen molar-refractivity contribution in [1.82, 2.24) is 10.6 Å². The van der Waals surface area contributed by atoms with Gasteiger partial charge >= 0.3 is 12.0 Å². The third-order valence-electron chi connectivity index (χ3n) is 3.61. The predicted octanol–water partition coefficient (Wildman–Crippen LogP) is 1.74. The number of aryl methyl sites for hydroxylation is 1. The summed E-state index contributed by atoms with van der Waals surface area (Å²) in [5.41, 5.74) is 1.28. The van der Waals surface area contributed by atoms with Gasteiger partial charge in [-0.15, -0.1) is 0 Å². The average Bonchev–Trinajstić information content (AvgIpc) is 2.52. The van der Waals surface area contributed by atoms with Crippen LogP contribution < -0.4 is 16.0 Å². The zero-order valence-corrected chi connectivity index (χ0v) is 15.3. The van der Waals surface area contributed by atoms with Crippen LogP contribution >= 0.6 is 0 Å². The summed E-state index contributed by atoms with van der Waals surface area (Å²) in [6.45, 7) is 6.72. The van der Waals surface area contributed by atoms with E-state index in [-0.39, 0.29) is 11.5 Å². The van der Waals surface area contributed by atoms with E-state index in [1.807, 2.05) is 0 Å². The first kappa shape index (κ1) is 19.4. The van der Waals surface area contributed by atoms with Gasteiger partial charge in [0.2, 0.25) is 5.91 Å². The molecule has 2 rings (SSSR count). The predicted molar refractivity (Wildman–Crippen MR) is 94.7 cm³/mol. The summed E-state index contributed by atoms with van der Waals surface area (Å²) in [6, 6.07) is 4.12. The van der Waals surface area contributed by atoms with E-state index in [4.69, 9.17) is 4.74 Å². The monoisotopic (exact) mass is 361 g/mol. The maximum absolute atomic E-state index is 12.2. The number of amides is 4. The summed E-state index contributed by atoms with van der Waals surface area (Å²) in [6.07, 6.45) is -0.248. The first-order valence-electron chi connectivity index (χ1n) is 8.32. The zero-order valence-electron chi connectivity index (χ0n) is 15.3. The fraction of sp³-hybridized carbons (Fsp3) is 0.444. The number of imide groups is 1. The van der Waals surface area contributed by atoms with E-state index in [0.29, 0.717) is 18.5 Å². The fourth-order valence-electron chi connectivity index (χ4n) is 2.38. The lowest BCUT2D eigenvalue weighted by molar-refractivity contribution is -0.128. The molecule has 0 saturated carbocycles. The van der Waals surface area contributed by atoms with Gasteiger partial charge in [-0.25, -0.2) is 9.59 Å². The van der Waals surface area contributed by atoms with Crippen molar-refractivity contribution >= 4 is 29.5 Å². The van der Waals surface area contributed by atoms with Gasteiger partial charge in [-0.1, -0.05) is 0 Å². The van der Waals surface area contributed by atoms with Crippen LogP contribution in [0.1, 0.15) is 50.0 Å². The average molecular weight is 361 g/mol. The van der Waals surface area contributed by atoms with Crippen LogP contribution in [0, 0.1) is 0 Å². The van der Waals surface area contributed by atoms with E-state index in [1.165, 1.54) is 13.0 Å². The molecule has 8 nitrogen and oxygen atoms in total. The molecule has 1 aliphatic rings. The highest BCUT2D eigenvalue weighted by Gasteiger charge is 2.23. The molecule has 1 aromatic carbocycles.